The van der Waals surface area contributed by atoms with Gasteiger partial charge in [0.1, 0.15) is 116 Å². The van der Waals surface area contributed by atoms with Crippen molar-refractivity contribution < 1.29 is 110 Å². The largest absolute Gasteiger partial charge is 0.573 e. The highest BCUT2D eigenvalue weighted by molar-refractivity contribution is 5.97. The lowest BCUT2D eigenvalue weighted by Crippen LogP contribution is -2.27. The summed E-state index contributed by atoms with van der Waals surface area (Å²) in [6.07, 6.45) is -37.5. The average Bonchev–Trinajstić information content (AvgIpc) is 1.55. The van der Waals surface area contributed by atoms with Gasteiger partial charge in [-0.1, -0.05) is 72.8 Å². The van der Waals surface area contributed by atoms with Crippen LogP contribution in [-0.2, 0) is 50.9 Å². The Morgan fingerprint density at radius 3 is 0.701 bits per heavy atom. The van der Waals surface area contributed by atoms with Crippen LogP contribution in [0.25, 0.3) is 129 Å². The van der Waals surface area contributed by atoms with Gasteiger partial charge in [-0.05, 0) is 278 Å². The number of benzene rings is 9. The number of rotatable bonds is 8. The molecular weight excluding hydrogens is 1840 g/mol. The molecule has 6 aliphatic carbocycles. The monoisotopic (exact) mass is 1880 g/mol. The van der Waals surface area contributed by atoms with Crippen molar-refractivity contribution in [2.45, 2.75) is 103 Å². The van der Waals surface area contributed by atoms with Crippen LogP contribution in [0.2, 0.25) is 0 Å². The first-order chi connectivity index (χ1) is 64.4. The number of alkyl halides is 21. The van der Waals surface area contributed by atoms with E-state index in [9.17, 15) is 106 Å². The minimum Gasteiger partial charge on any atom is -0.406 e. The first-order valence-electron chi connectivity index (χ1n) is 39.1. The van der Waals surface area contributed by atoms with Gasteiger partial charge in [-0.3, -0.25) is 0 Å². The number of allylic oxidation sites excluding steroid dienone is 9. The van der Waals surface area contributed by atoms with Gasteiger partial charge in [0.05, 0.1) is 44.6 Å². The second-order valence-electron chi connectivity index (χ2n) is 30.5. The van der Waals surface area contributed by atoms with Crippen LogP contribution < -0.4 is 40.8 Å². The number of fused-ring (bicyclic) bond motifs is 6. The van der Waals surface area contributed by atoms with Gasteiger partial charge in [0, 0.05) is 19.3 Å². The number of halogens is 23. The molecule has 0 heterocycles. The maximum atomic E-state index is 15.1. The van der Waals surface area contributed by atoms with Crippen LogP contribution in [0.1, 0.15) is 65.3 Å². The minimum atomic E-state index is -5.21. The molecule has 37 heteroatoms. The summed E-state index contributed by atoms with van der Waals surface area (Å²) in [5.41, 5.74) is -8.01. The van der Waals surface area contributed by atoms with Crippen molar-refractivity contribution in [1.29, 1.82) is 31.6 Å². The molecule has 0 saturated carbocycles. The molecule has 0 bridgehead atoms. The standard InChI is InChI=1S/C34H15F9N4O2.C34H15F9N4.C32H15F5N4/c1-16-22(31(46-2)47-3)12-24-26(16)27(17-4-8-20(9-5-17)48-33(38,39)40)25-13-23(19(14-44)15-45)30(32(35,36)37)29(25)28(24)18-6-10-21(11-7-18)49-34(41,42)43;1-16-22(31(46-2)47-3)12-24-26(16)27(17-4-8-20(9-5-17)32(35,36)37)25-13-23(19(14-44)15-45)30(34(41,42)43)29(25)28(24)18-6-10-21(11-7-18)33(38,39)40;1-16-22(31(40-2)41-3)12-24-26(16)27(17-6-4-8-20(33)10-17)25-13-23(19(14-38)15-39)30(32(35,36)37)29(25)28(24)18-7-5-9-21(34)11-18/h4-11H,12-13H2,1H3;4-11H,12-13H2,1H3;4-11H,12-13H2,1H3. The van der Waals surface area contributed by atoms with Gasteiger partial charge in [0.15, 0.2) is 0 Å². The maximum Gasteiger partial charge on any atom is 0.573 e. The van der Waals surface area contributed by atoms with Gasteiger partial charge in [-0.15, -0.1) is 26.3 Å². The first-order valence-corrected chi connectivity index (χ1v) is 39.1. The van der Waals surface area contributed by atoms with Crippen molar-refractivity contribution in [3.63, 3.8) is 0 Å². The fraction of sp³-hybridized carbons (Fsp3) is 0.160. The van der Waals surface area contributed by atoms with Crippen LogP contribution in [0.15, 0.2) is 213 Å². The van der Waals surface area contributed by atoms with Crippen LogP contribution in [0, 0.1) is 119 Å². The zero-order valence-corrected chi connectivity index (χ0v) is 69.5. The van der Waals surface area contributed by atoms with Crippen molar-refractivity contribution in [1.82, 2.24) is 0 Å². The van der Waals surface area contributed by atoms with Crippen molar-refractivity contribution in [3.8, 4) is 115 Å². The summed E-state index contributed by atoms with van der Waals surface area (Å²) in [6.45, 7) is 49.6. The molecule has 15 rings (SSSR count). The van der Waals surface area contributed by atoms with Crippen LogP contribution in [0.3, 0.4) is 0 Å². The molecule has 0 aliphatic heterocycles. The molecule has 9 aromatic carbocycles. The van der Waals surface area contributed by atoms with Gasteiger partial charge in [-0.2, -0.15) is 126 Å². The van der Waals surface area contributed by atoms with E-state index in [-0.39, 0.29) is 158 Å². The van der Waals surface area contributed by atoms with Gasteiger partial charge >= 0.3 is 61.1 Å². The zero-order chi connectivity index (χ0) is 100. The van der Waals surface area contributed by atoms with Gasteiger partial charge in [0.2, 0.25) is 0 Å². The normalized spacial score (nSPS) is 13.9. The van der Waals surface area contributed by atoms with E-state index in [4.69, 9.17) is 39.4 Å². The summed E-state index contributed by atoms with van der Waals surface area (Å²) in [7, 11) is 0. The predicted octanol–water partition coefficient (Wildman–Crippen LogP) is 23.3. The Balaban J connectivity index is 0.000000174. The topological polar surface area (TPSA) is 187 Å². The van der Waals surface area contributed by atoms with E-state index in [1.165, 1.54) is 86.7 Å². The Morgan fingerprint density at radius 2 is 0.489 bits per heavy atom. The number of nitrogens with zero attached hydrogens (tertiary/aromatic N) is 12. The lowest BCUT2D eigenvalue weighted by Gasteiger charge is -2.18. The summed E-state index contributed by atoms with van der Waals surface area (Å²) >= 11 is 0. The number of nitriles is 6. The summed E-state index contributed by atoms with van der Waals surface area (Å²) in [6, 6.07) is 34.4. The van der Waals surface area contributed by atoms with E-state index in [0.717, 1.165) is 84.9 Å². The molecule has 0 unspecified atom stereocenters. The van der Waals surface area contributed by atoms with E-state index >= 15 is 26.3 Å². The molecule has 0 saturated heterocycles. The Hall–Kier alpha value is -17.5. The lowest BCUT2D eigenvalue weighted by atomic mass is 9.86. The maximum absolute atomic E-state index is 15.1. The van der Waals surface area contributed by atoms with E-state index in [2.05, 4.69) is 38.5 Å². The summed E-state index contributed by atoms with van der Waals surface area (Å²) in [5.74, 6) is -3.72. The van der Waals surface area contributed by atoms with E-state index in [1.54, 1.807) is 19.1 Å². The smallest absolute Gasteiger partial charge is 0.406 e. The highest BCUT2D eigenvalue weighted by atomic mass is 19.4. The van der Waals surface area contributed by atoms with Gasteiger partial charge in [-0.25, -0.2) is 8.78 Å². The van der Waals surface area contributed by atoms with Gasteiger partial charge < -0.3 is 9.47 Å². The number of hydrogen-bond acceptors (Lipinski definition) is 8. The Labute approximate surface area is 758 Å². The van der Waals surface area contributed by atoms with Crippen LogP contribution in [0.4, 0.5) is 101 Å². The fourth-order valence-corrected chi connectivity index (χ4v) is 18.1. The second-order valence-corrected chi connectivity index (χ2v) is 30.5. The summed E-state index contributed by atoms with van der Waals surface area (Å²) < 4.78 is 330. The zero-order valence-electron chi connectivity index (χ0n) is 69.5. The second kappa shape index (κ2) is 36.2. The van der Waals surface area contributed by atoms with Crippen molar-refractivity contribution >= 4 is 33.4 Å². The lowest BCUT2D eigenvalue weighted by molar-refractivity contribution is -0.275. The van der Waals surface area contributed by atoms with Crippen molar-refractivity contribution in [2.24, 2.45) is 0 Å². The highest BCUT2D eigenvalue weighted by Crippen LogP contribution is 2.50. The molecule has 0 N–H and O–H groups in total. The number of hydrogen-bond donors (Lipinski definition) is 0. The molecule has 0 atom stereocenters. The highest BCUT2D eigenvalue weighted by Gasteiger charge is 2.50. The first kappa shape index (κ1) is 97.1. The fourth-order valence-electron chi connectivity index (χ4n) is 18.1. The summed E-state index contributed by atoms with van der Waals surface area (Å²) in [5, 5.41) is 57.1. The molecule has 9 aromatic rings. The summed E-state index contributed by atoms with van der Waals surface area (Å²) in [4.78, 5) is 19.6. The molecule has 14 nitrogen and oxygen atoms in total. The Morgan fingerprint density at radius 1 is 0.277 bits per heavy atom. The third-order valence-electron chi connectivity index (χ3n) is 23.2. The van der Waals surface area contributed by atoms with Crippen LogP contribution >= 0.6 is 0 Å². The Bertz CT molecular complexity index is 7950. The third-order valence-corrected chi connectivity index (χ3v) is 23.2. The van der Waals surface area contributed by atoms with E-state index in [1.807, 2.05) is 0 Å². The molecule has 0 radical (unpaired) electrons. The molecular formula is C100H45F23N12O2. The average molecular weight is 1880 g/mol. The molecule has 678 valence electrons. The van der Waals surface area contributed by atoms with Crippen LogP contribution in [0.5, 0.6) is 11.5 Å². The van der Waals surface area contributed by atoms with Crippen molar-refractivity contribution in [2.75, 3.05) is 0 Å². The molecule has 137 heavy (non-hydrogen) atoms. The quantitative estimate of drug-likeness (QED) is 0.0816. The van der Waals surface area contributed by atoms with Crippen LogP contribution in [-0.4, -0.2) is 31.3 Å². The molecule has 0 fully saturated rings. The van der Waals surface area contributed by atoms with E-state index < -0.39 is 169 Å². The van der Waals surface area contributed by atoms with E-state index in [0.29, 0.717) is 34.1 Å². The molecule has 0 amide bonds. The molecule has 6 aliphatic rings. The SMILES string of the molecule is [C-]#[N+]C([N+]#[C-])=C1Cc2c(-c3ccc(C(F)(F)F)cc3)c3c(c(-c4ccc(C(F)(F)F)cc4)c2=C1C)CC(=C(C#N)C#N)C=3C(F)(F)F.[C-]#[N+]C([N+]#[C-])=C1Cc2c(-c3ccc(OC(F)(F)F)cc3)c3c(c(-c4ccc(OC(F)(F)F)cc4)c2=C1C)CC(=C(C#N)C#N)C=3C(F)(F)F.[C-]#[N+]C([N+]#[C-])=C1Cc2c(-c3cccc(F)c3)c3c(c(-c4cccc(F)c4)c2=C1C)CC(=C(C#N)C#N)C=3C(F)(F)F. The molecule has 0 spiro atoms. The Kier molecular flexibility index (Phi) is 25.7. The molecule has 0 aromatic heterocycles. The predicted molar refractivity (Wildman–Crippen MR) is 446 cm³/mol. The van der Waals surface area contributed by atoms with Gasteiger partial charge in [0.25, 0.3) is 0 Å². The minimum absolute atomic E-state index is 0.0215. The van der Waals surface area contributed by atoms with Crippen molar-refractivity contribution in [3.05, 3.63) is 369 Å². The third kappa shape index (κ3) is 18.1. The number of ether oxygens (including phenoxy) is 2.